The fourth-order valence-electron chi connectivity index (χ4n) is 0.783. The highest BCUT2D eigenvalue weighted by molar-refractivity contribution is 7.94. The zero-order chi connectivity index (χ0) is 8.27. The quantitative estimate of drug-likeness (QED) is 0.746. The summed E-state index contributed by atoms with van der Waals surface area (Å²) >= 11 is 0.0169. The van der Waals surface area contributed by atoms with Crippen LogP contribution >= 0.6 is 12.1 Å². The Kier molecular flexibility index (Phi) is 2.84. The lowest BCUT2D eigenvalue weighted by atomic mass is 10.2. The molecule has 0 saturated heterocycles. The molecule has 0 radical (unpaired) electrons. The molecule has 1 aromatic rings. The summed E-state index contributed by atoms with van der Waals surface area (Å²) in [6, 6.07) is 3.94. The highest BCUT2D eigenvalue weighted by Gasteiger charge is 1.99. The minimum absolute atomic E-state index is 0.0169. The van der Waals surface area contributed by atoms with Crippen molar-refractivity contribution >= 4 is 12.1 Å². The van der Waals surface area contributed by atoms with Crippen LogP contribution in [0.1, 0.15) is 5.56 Å². The molecule has 0 fully saturated rings. The topological polar surface area (TPSA) is 26.0 Å². The van der Waals surface area contributed by atoms with Crippen LogP contribution < -0.4 is 5.73 Å². The van der Waals surface area contributed by atoms with Gasteiger partial charge in [0.1, 0.15) is 5.82 Å². The molecule has 0 unspecified atom stereocenters. The molecule has 0 aromatic heterocycles. The number of rotatable bonds is 2. The van der Waals surface area contributed by atoms with Crippen molar-refractivity contribution in [1.29, 1.82) is 0 Å². The Balaban J connectivity index is 3.02. The van der Waals surface area contributed by atoms with Gasteiger partial charge in [0.2, 0.25) is 0 Å². The first-order valence-corrected chi connectivity index (χ1v) is 3.76. The molecule has 0 aliphatic carbocycles. The third-order valence-corrected chi connectivity index (χ3v) is 1.67. The van der Waals surface area contributed by atoms with E-state index in [2.05, 4.69) is 0 Å². The van der Waals surface area contributed by atoms with Crippen LogP contribution in [0.4, 0.5) is 8.28 Å². The third kappa shape index (κ3) is 2.17. The van der Waals surface area contributed by atoms with E-state index in [1.54, 1.807) is 0 Å². The lowest BCUT2D eigenvalue weighted by Gasteiger charge is -1.98. The van der Waals surface area contributed by atoms with Gasteiger partial charge in [-0.25, -0.2) is 4.39 Å². The van der Waals surface area contributed by atoms with E-state index in [0.29, 0.717) is 5.56 Å². The van der Waals surface area contributed by atoms with Gasteiger partial charge in [0.25, 0.3) is 0 Å². The average Bonchev–Trinajstić information content (AvgIpc) is 2.03. The zero-order valence-electron chi connectivity index (χ0n) is 5.68. The van der Waals surface area contributed by atoms with Gasteiger partial charge in [-0.3, -0.25) is 0 Å². The number of halogens is 2. The smallest absolute Gasteiger partial charge is 0.124 e. The summed E-state index contributed by atoms with van der Waals surface area (Å²) in [6.45, 7) is 0.227. The van der Waals surface area contributed by atoms with Gasteiger partial charge in [-0.2, -0.15) is 3.89 Å². The zero-order valence-corrected chi connectivity index (χ0v) is 6.50. The summed E-state index contributed by atoms with van der Waals surface area (Å²) in [5, 5.41) is 0. The first-order chi connectivity index (χ1) is 5.26. The van der Waals surface area contributed by atoms with Crippen molar-refractivity contribution in [1.82, 2.24) is 0 Å². The molecule has 0 amide bonds. The Morgan fingerprint density at radius 3 is 2.64 bits per heavy atom. The monoisotopic (exact) mass is 175 g/mol. The summed E-state index contributed by atoms with van der Waals surface area (Å²) in [7, 11) is 0. The summed E-state index contributed by atoms with van der Waals surface area (Å²) in [5.41, 5.74) is 5.85. The van der Waals surface area contributed by atoms with Gasteiger partial charge < -0.3 is 5.73 Å². The van der Waals surface area contributed by atoms with Crippen molar-refractivity contribution in [2.45, 2.75) is 11.4 Å². The molecule has 4 heteroatoms. The molecule has 0 aliphatic heterocycles. The second kappa shape index (κ2) is 3.69. The molecule has 1 rings (SSSR count). The summed E-state index contributed by atoms with van der Waals surface area (Å²) in [4.78, 5) is 0.255. The fraction of sp³-hybridized carbons (Fsp3) is 0.143. The van der Waals surface area contributed by atoms with E-state index in [1.165, 1.54) is 12.1 Å². The molecule has 1 nitrogen and oxygen atoms in total. The summed E-state index contributed by atoms with van der Waals surface area (Å²) < 4.78 is 24.5. The van der Waals surface area contributed by atoms with Gasteiger partial charge in [-0.15, -0.1) is 0 Å². The Morgan fingerprint density at radius 1 is 1.36 bits per heavy atom. The van der Waals surface area contributed by atoms with E-state index in [9.17, 15) is 8.28 Å². The number of benzene rings is 1. The van der Waals surface area contributed by atoms with Crippen LogP contribution in [0.25, 0.3) is 0 Å². The molecule has 11 heavy (non-hydrogen) atoms. The molecule has 0 bridgehead atoms. The maximum Gasteiger partial charge on any atom is 0.124 e. The molecule has 1 aromatic carbocycles. The normalized spacial score (nSPS) is 10.1. The molecular formula is C7H7F2NS. The summed E-state index contributed by atoms with van der Waals surface area (Å²) in [6.07, 6.45) is 0. The lowest BCUT2D eigenvalue weighted by molar-refractivity contribution is 0.621. The average molecular weight is 175 g/mol. The van der Waals surface area contributed by atoms with Crippen LogP contribution in [0, 0.1) is 5.82 Å². The van der Waals surface area contributed by atoms with Gasteiger partial charge in [0.05, 0.1) is 12.1 Å². The van der Waals surface area contributed by atoms with Crippen LogP contribution in [0.15, 0.2) is 23.1 Å². The first-order valence-electron chi connectivity index (χ1n) is 3.04. The molecule has 0 heterocycles. The predicted molar refractivity (Wildman–Crippen MR) is 41.3 cm³/mol. The van der Waals surface area contributed by atoms with Crippen molar-refractivity contribution in [2.75, 3.05) is 0 Å². The Labute approximate surface area is 67.9 Å². The predicted octanol–water partition coefficient (Wildman–Crippen LogP) is 2.26. The second-order valence-corrected chi connectivity index (χ2v) is 2.70. The minimum atomic E-state index is -0.451. The minimum Gasteiger partial charge on any atom is -0.326 e. The molecule has 0 atom stereocenters. The van der Waals surface area contributed by atoms with E-state index < -0.39 is 5.82 Å². The number of hydrogen-bond donors (Lipinski definition) is 1. The van der Waals surface area contributed by atoms with Crippen LogP contribution in [0.3, 0.4) is 0 Å². The standard InChI is InChI=1S/C7H7F2NS/c8-6-1-5(4-10)2-7(3-6)11-9/h1-3H,4,10H2. The van der Waals surface area contributed by atoms with Crippen LogP contribution in [-0.4, -0.2) is 0 Å². The Morgan fingerprint density at radius 2 is 2.09 bits per heavy atom. The van der Waals surface area contributed by atoms with E-state index in [-0.39, 0.29) is 23.6 Å². The van der Waals surface area contributed by atoms with Gasteiger partial charge in [-0.1, -0.05) is 0 Å². The maximum absolute atomic E-state index is 12.6. The van der Waals surface area contributed by atoms with Crippen LogP contribution in [0.2, 0.25) is 0 Å². The summed E-state index contributed by atoms with van der Waals surface area (Å²) in [5.74, 6) is -0.451. The largest absolute Gasteiger partial charge is 0.326 e. The SMILES string of the molecule is NCc1cc(F)cc(SF)c1. The van der Waals surface area contributed by atoms with Crippen molar-refractivity contribution in [2.24, 2.45) is 5.73 Å². The highest BCUT2D eigenvalue weighted by Crippen LogP contribution is 2.21. The van der Waals surface area contributed by atoms with Crippen LogP contribution in [-0.2, 0) is 6.54 Å². The Bertz CT molecular complexity index is 230. The number of nitrogens with two attached hydrogens (primary N) is 1. The van der Waals surface area contributed by atoms with Gasteiger partial charge >= 0.3 is 0 Å². The van der Waals surface area contributed by atoms with Crippen molar-refractivity contribution in [3.63, 3.8) is 0 Å². The van der Waals surface area contributed by atoms with E-state index in [0.717, 1.165) is 6.07 Å². The molecular weight excluding hydrogens is 168 g/mol. The fourth-order valence-corrected chi connectivity index (χ4v) is 1.14. The first kappa shape index (κ1) is 8.49. The molecule has 2 N–H and O–H groups in total. The molecule has 0 aliphatic rings. The third-order valence-electron chi connectivity index (χ3n) is 1.26. The van der Waals surface area contributed by atoms with Gasteiger partial charge in [-0.05, 0) is 23.8 Å². The molecule has 0 spiro atoms. The van der Waals surface area contributed by atoms with Crippen molar-refractivity contribution in [3.05, 3.63) is 29.6 Å². The van der Waals surface area contributed by atoms with Crippen molar-refractivity contribution in [3.8, 4) is 0 Å². The molecule has 60 valence electrons. The molecule has 0 saturated carbocycles. The lowest BCUT2D eigenvalue weighted by Crippen LogP contribution is -1.96. The van der Waals surface area contributed by atoms with E-state index in [4.69, 9.17) is 5.73 Å². The second-order valence-electron chi connectivity index (χ2n) is 2.08. The van der Waals surface area contributed by atoms with Crippen molar-refractivity contribution < 1.29 is 8.28 Å². The van der Waals surface area contributed by atoms with E-state index >= 15 is 0 Å². The maximum atomic E-state index is 12.6. The van der Waals surface area contributed by atoms with Crippen LogP contribution in [0.5, 0.6) is 0 Å². The Hall–Kier alpha value is -0.610. The van der Waals surface area contributed by atoms with E-state index in [1.807, 2.05) is 0 Å². The van der Waals surface area contributed by atoms with Gasteiger partial charge in [0, 0.05) is 11.4 Å². The van der Waals surface area contributed by atoms with Gasteiger partial charge in [0.15, 0.2) is 0 Å². The number of hydrogen-bond acceptors (Lipinski definition) is 2. The highest BCUT2D eigenvalue weighted by atomic mass is 32.2.